The van der Waals surface area contributed by atoms with Gasteiger partial charge >= 0.3 is 0 Å². The number of anilines is 1. The molecule has 1 aliphatic heterocycles. The van der Waals surface area contributed by atoms with Gasteiger partial charge in [0.15, 0.2) is 0 Å². The van der Waals surface area contributed by atoms with Gasteiger partial charge in [-0.2, -0.15) is 5.26 Å². The highest BCUT2D eigenvalue weighted by Crippen LogP contribution is 2.42. The highest BCUT2D eigenvalue weighted by molar-refractivity contribution is 6.36. The van der Waals surface area contributed by atoms with Crippen molar-refractivity contribution in [3.63, 3.8) is 0 Å². The molecule has 1 heterocycles. The Labute approximate surface area is 222 Å². The van der Waals surface area contributed by atoms with E-state index in [1.165, 1.54) is 5.56 Å². The lowest BCUT2D eigenvalue weighted by Crippen LogP contribution is -2.53. The van der Waals surface area contributed by atoms with E-state index in [-0.39, 0.29) is 11.5 Å². The molecule has 1 aliphatic carbocycles. The molecule has 1 unspecified atom stereocenters. The standard InChI is InChI=1S/C29H28Cl3N3/c30-23-8-6-21(7-9-23)28-19-34(16-17-35(28)27-11-10-24(31)18-26(27)32)25-12-14-29(20-33,15-13-25)22-4-2-1-3-5-22/h1-11,18,25,28H,12-17,19H2. The van der Waals surface area contributed by atoms with Gasteiger partial charge in [-0.25, -0.2) is 0 Å². The first-order valence-corrected chi connectivity index (χ1v) is 13.3. The molecule has 2 fully saturated rings. The van der Waals surface area contributed by atoms with Gasteiger partial charge in [-0.3, -0.25) is 4.90 Å². The highest BCUT2D eigenvalue weighted by Gasteiger charge is 2.40. The summed E-state index contributed by atoms with van der Waals surface area (Å²) in [5, 5.41) is 12.2. The van der Waals surface area contributed by atoms with E-state index in [9.17, 15) is 5.26 Å². The van der Waals surface area contributed by atoms with Crippen LogP contribution in [0.5, 0.6) is 0 Å². The zero-order valence-electron chi connectivity index (χ0n) is 19.5. The minimum Gasteiger partial charge on any atom is -0.361 e. The number of nitriles is 1. The molecule has 6 heteroatoms. The molecule has 3 nitrogen and oxygen atoms in total. The third-order valence-corrected chi connectivity index (χ3v) is 8.54. The minimum atomic E-state index is -0.369. The number of hydrogen-bond acceptors (Lipinski definition) is 3. The van der Waals surface area contributed by atoms with E-state index in [0.29, 0.717) is 16.1 Å². The van der Waals surface area contributed by atoms with Crippen molar-refractivity contribution in [3.8, 4) is 6.07 Å². The summed E-state index contributed by atoms with van der Waals surface area (Å²) in [6, 6.07) is 27.5. The van der Waals surface area contributed by atoms with Crippen molar-refractivity contribution in [2.45, 2.75) is 43.2 Å². The Morgan fingerprint density at radius 1 is 0.829 bits per heavy atom. The fourth-order valence-electron chi connectivity index (χ4n) is 5.79. The molecule has 0 N–H and O–H groups in total. The maximum Gasteiger partial charge on any atom is 0.0823 e. The lowest BCUT2D eigenvalue weighted by Gasteiger charge is -2.48. The lowest BCUT2D eigenvalue weighted by atomic mass is 9.69. The van der Waals surface area contributed by atoms with E-state index in [1.54, 1.807) is 0 Å². The molecule has 1 saturated carbocycles. The zero-order chi connectivity index (χ0) is 24.4. The first-order chi connectivity index (χ1) is 17.0. The molecule has 0 bridgehead atoms. The topological polar surface area (TPSA) is 30.3 Å². The molecule has 0 amide bonds. The number of halogens is 3. The lowest BCUT2D eigenvalue weighted by molar-refractivity contribution is 0.113. The maximum atomic E-state index is 10.1. The Morgan fingerprint density at radius 3 is 2.17 bits per heavy atom. The van der Waals surface area contributed by atoms with Crippen molar-refractivity contribution in [3.05, 3.63) is 99.0 Å². The van der Waals surface area contributed by atoms with E-state index in [0.717, 1.165) is 61.6 Å². The highest BCUT2D eigenvalue weighted by atomic mass is 35.5. The zero-order valence-corrected chi connectivity index (χ0v) is 21.8. The molecule has 3 aromatic carbocycles. The van der Waals surface area contributed by atoms with Crippen LogP contribution in [0.4, 0.5) is 5.69 Å². The van der Waals surface area contributed by atoms with Crippen molar-refractivity contribution < 1.29 is 0 Å². The van der Waals surface area contributed by atoms with Crippen LogP contribution in [-0.2, 0) is 5.41 Å². The van der Waals surface area contributed by atoms with Crippen LogP contribution in [0.25, 0.3) is 0 Å². The van der Waals surface area contributed by atoms with E-state index >= 15 is 0 Å². The molecular formula is C29H28Cl3N3. The Morgan fingerprint density at radius 2 is 1.51 bits per heavy atom. The molecule has 0 spiro atoms. The maximum absolute atomic E-state index is 10.1. The van der Waals surface area contributed by atoms with E-state index < -0.39 is 0 Å². The second kappa shape index (κ2) is 10.4. The molecule has 180 valence electrons. The van der Waals surface area contributed by atoms with Gasteiger partial charge in [-0.1, -0.05) is 77.3 Å². The molecule has 2 aliphatic rings. The molecule has 5 rings (SSSR count). The Kier molecular flexibility index (Phi) is 7.28. The van der Waals surface area contributed by atoms with Crippen LogP contribution in [0.3, 0.4) is 0 Å². The minimum absolute atomic E-state index is 0.150. The van der Waals surface area contributed by atoms with Crippen LogP contribution < -0.4 is 4.90 Å². The fraction of sp³-hybridized carbons (Fsp3) is 0.345. The average Bonchev–Trinajstić information content (AvgIpc) is 2.90. The Balaban J connectivity index is 1.37. The number of benzene rings is 3. The fourth-order valence-corrected chi connectivity index (χ4v) is 6.43. The normalized spacial score (nSPS) is 25.3. The van der Waals surface area contributed by atoms with Gasteiger partial charge in [-0.05, 0) is 67.1 Å². The van der Waals surface area contributed by atoms with Gasteiger partial charge in [0.1, 0.15) is 0 Å². The van der Waals surface area contributed by atoms with Crippen LogP contribution in [0.2, 0.25) is 15.1 Å². The second-order valence-electron chi connectivity index (χ2n) is 9.64. The van der Waals surface area contributed by atoms with Gasteiger partial charge in [0.25, 0.3) is 0 Å². The van der Waals surface area contributed by atoms with Crippen molar-refractivity contribution in [2.75, 3.05) is 24.5 Å². The quantitative estimate of drug-likeness (QED) is 0.347. The van der Waals surface area contributed by atoms with Crippen LogP contribution >= 0.6 is 34.8 Å². The summed E-state index contributed by atoms with van der Waals surface area (Å²) in [7, 11) is 0. The van der Waals surface area contributed by atoms with Crippen LogP contribution in [0.15, 0.2) is 72.8 Å². The smallest absolute Gasteiger partial charge is 0.0823 e. The van der Waals surface area contributed by atoms with Crippen molar-refractivity contribution in [1.82, 2.24) is 4.90 Å². The van der Waals surface area contributed by atoms with Gasteiger partial charge < -0.3 is 4.90 Å². The SMILES string of the molecule is N#CC1(c2ccccc2)CCC(N2CCN(c3ccc(Cl)cc3Cl)C(c3ccc(Cl)cc3)C2)CC1. The van der Waals surface area contributed by atoms with E-state index in [1.807, 2.05) is 48.5 Å². The number of piperazine rings is 1. The molecule has 0 radical (unpaired) electrons. The van der Waals surface area contributed by atoms with Crippen LogP contribution in [-0.4, -0.2) is 30.6 Å². The van der Waals surface area contributed by atoms with Crippen LogP contribution in [0.1, 0.15) is 42.9 Å². The molecule has 1 saturated heterocycles. The van der Waals surface area contributed by atoms with Crippen molar-refractivity contribution in [1.29, 1.82) is 5.26 Å². The van der Waals surface area contributed by atoms with Crippen LogP contribution in [0, 0.1) is 11.3 Å². The molecule has 35 heavy (non-hydrogen) atoms. The van der Waals surface area contributed by atoms with E-state index in [2.05, 4.69) is 40.1 Å². The Hall–Kier alpha value is -2.22. The molecule has 0 aromatic heterocycles. The summed E-state index contributed by atoms with van der Waals surface area (Å²) in [5.74, 6) is 0. The largest absolute Gasteiger partial charge is 0.361 e. The predicted octanol–water partition coefficient (Wildman–Crippen LogP) is 7.91. The monoisotopic (exact) mass is 523 g/mol. The van der Waals surface area contributed by atoms with Gasteiger partial charge in [0, 0.05) is 35.7 Å². The molecule has 1 atom stereocenters. The van der Waals surface area contributed by atoms with Crippen molar-refractivity contribution in [2.24, 2.45) is 0 Å². The first kappa shape index (κ1) is 24.5. The van der Waals surface area contributed by atoms with Gasteiger partial charge in [0.05, 0.1) is 28.2 Å². The third-order valence-electron chi connectivity index (χ3n) is 7.75. The summed E-state index contributed by atoms with van der Waals surface area (Å²) < 4.78 is 0. The summed E-state index contributed by atoms with van der Waals surface area (Å²) in [6.07, 6.45) is 3.84. The third kappa shape index (κ3) is 5.04. The number of nitrogens with zero attached hydrogens (tertiary/aromatic N) is 3. The van der Waals surface area contributed by atoms with Gasteiger partial charge in [-0.15, -0.1) is 0 Å². The van der Waals surface area contributed by atoms with E-state index in [4.69, 9.17) is 34.8 Å². The number of hydrogen-bond donors (Lipinski definition) is 0. The molecule has 3 aromatic rings. The second-order valence-corrected chi connectivity index (χ2v) is 10.9. The summed E-state index contributed by atoms with van der Waals surface area (Å²) in [6.45, 7) is 2.72. The average molecular weight is 525 g/mol. The predicted molar refractivity (Wildman–Crippen MR) is 146 cm³/mol. The first-order valence-electron chi connectivity index (χ1n) is 12.2. The summed E-state index contributed by atoms with van der Waals surface area (Å²) in [5.41, 5.74) is 3.01. The summed E-state index contributed by atoms with van der Waals surface area (Å²) >= 11 is 19.0. The number of rotatable bonds is 4. The van der Waals surface area contributed by atoms with Gasteiger partial charge in [0.2, 0.25) is 0 Å². The molecular weight excluding hydrogens is 497 g/mol. The Bertz CT molecular complexity index is 1200. The summed E-state index contributed by atoms with van der Waals surface area (Å²) in [4.78, 5) is 5.01. The van der Waals surface area contributed by atoms with Crippen molar-refractivity contribution >= 4 is 40.5 Å².